The van der Waals surface area contributed by atoms with Crippen LogP contribution in [0.5, 0.6) is 0 Å². The molecule has 42 heavy (non-hydrogen) atoms. The minimum Gasteiger partial charge on any atom is -0.444 e. The SMILES string of the molecule is CCCN(C(=O)C(CCC(N)=O)NC(=O)OC(C)(C)C)C(C(=O)Nc1ccc2ccccc2c1)c1ccc(C)c(C)c1. The van der Waals surface area contributed by atoms with Crippen molar-refractivity contribution in [1.82, 2.24) is 10.2 Å². The van der Waals surface area contributed by atoms with Gasteiger partial charge in [-0.3, -0.25) is 14.4 Å². The van der Waals surface area contributed by atoms with Crippen molar-refractivity contribution in [3.63, 3.8) is 0 Å². The van der Waals surface area contributed by atoms with Gasteiger partial charge in [-0.05, 0) is 87.1 Å². The Labute approximate surface area is 247 Å². The zero-order valence-electron chi connectivity index (χ0n) is 25.3. The first-order valence-electron chi connectivity index (χ1n) is 14.2. The fraction of sp³-hybridized carbons (Fsp3) is 0.394. The minimum atomic E-state index is -1.14. The Hall–Kier alpha value is -4.40. The summed E-state index contributed by atoms with van der Waals surface area (Å²) in [6.07, 6.45) is -0.431. The van der Waals surface area contributed by atoms with Gasteiger partial charge in [-0.1, -0.05) is 55.5 Å². The maximum atomic E-state index is 14.2. The highest BCUT2D eigenvalue weighted by molar-refractivity contribution is 6.00. The molecule has 0 aliphatic rings. The van der Waals surface area contributed by atoms with Crippen LogP contribution in [0.15, 0.2) is 60.7 Å². The summed E-state index contributed by atoms with van der Waals surface area (Å²) in [5.41, 5.74) is 7.83. The standard InChI is InChI=1S/C33H42N4O5/c1-7-18-37(31(40)27(16-17-28(34)38)36-32(41)42-33(4,5)6)29(25-13-12-21(2)22(3)19-25)30(39)35-26-15-14-23-10-8-9-11-24(23)20-26/h8-15,19-20,27,29H,7,16-18H2,1-6H3,(H2,34,38)(H,35,39)(H,36,41). The van der Waals surface area contributed by atoms with Crippen molar-refractivity contribution in [3.05, 3.63) is 77.4 Å². The molecule has 3 aromatic rings. The van der Waals surface area contributed by atoms with Crippen LogP contribution in [0.3, 0.4) is 0 Å². The van der Waals surface area contributed by atoms with Gasteiger partial charge in [0.25, 0.3) is 5.91 Å². The number of hydrogen-bond acceptors (Lipinski definition) is 5. The Morgan fingerprint density at radius 3 is 2.24 bits per heavy atom. The maximum absolute atomic E-state index is 14.2. The number of carbonyl (C=O) groups is 4. The molecular weight excluding hydrogens is 532 g/mol. The summed E-state index contributed by atoms with van der Waals surface area (Å²) in [6, 6.07) is 17.0. The Bertz CT molecular complexity index is 1450. The van der Waals surface area contributed by atoms with Crippen LogP contribution in [0.4, 0.5) is 10.5 Å². The number of alkyl carbamates (subject to hydrolysis) is 1. The molecular formula is C33H42N4O5. The number of benzene rings is 3. The Balaban J connectivity index is 2.03. The zero-order chi connectivity index (χ0) is 31.0. The van der Waals surface area contributed by atoms with Crippen LogP contribution in [0, 0.1) is 13.8 Å². The number of aryl methyl sites for hydroxylation is 2. The minimum absolute atomic E-state index is 0.0421. The van der Waals surface area contributed by atoms with E-state index in [1.165, 1.54) is 4.90 Å². The molecule has 0 aliphatic carbocycles. The van der Waals surface area contributed by atoms with Gasteiger partial charge in [-0.15, -0.1) is 0 Å². The molecule has 4 amide bonds. The highest BCUT2D eigenvalue weighted by Gasteiger charge is 2.36. The predicted molar refractivity (Wildman–Crippen MR) is 165 cm³/mol. The summed E-state index contributed by atoms with van der Waals surface area (Å²) < 4.78 is 5.38. The predicted octanol–water partition coefficient (Wildman–Crippen LogP) is 5.53. The zero-order valence-corrected chi connectivity index (χ0v) is 25.3. The summed E-state index contributed by atoms with van der Waals surface area (Å²) in [5.74, 6) is -1.53. The molecule has 0 heterocycles. The van der Waals surface area contributed by atoms with Gasteiger partial charge in [0, 0.05) is 18.7 Å². The number of amides is 4. The second-order valence-electron chi connectivity index (χ2n) is 11.5. The number of ether oxygens (including phenoxy) is 1. The van der Waals surface area contributed by atoms with E-state index in [4.69, 9.17) is 10.5 Å². The number of rotatable bonds is 11. The fourth-order valence-electron chi connectivity index (χ4n) is 4.69. The van der Waals surface area contributed by atoms with Crippen LogP contribution in [-0.4, -0.2) is 46.9 Å². The number of fused-ring (bicyclic) bond motifs is 1. The fourth-order valence-corrected chi connectivity index (χ4v) is 4.69. The highest BCUT2D eigenvalue weighted by atomic mass is 16.6. The molecule has 9 nitrogen and oxygen atoms in total. The van der Waals surface area contributed by atoms with E-state index in [2.05, 4.69) is 10.6 Å². The van der Waals surface area contributed by atoms with Crippen molar-refractivity contribution in [3.8, 4) is 0 Å². The average molecular weight is 575 g/mol. The van der Waals surface area contributed by atoms with E-state index in [0.717, 1.165) is 21.9 Å². The van der Waals surface area contributed by atoms with E-state index < -0.39 is 41.5 Å². The van der Waals surface area contributed by atoms with Gasteiger partial charge in [-0.2, -0.15) is 0 Å². The van der Waals surface area contributed by atoms with Crippen molar-refractivity contribution in [1.29, 1.82) is 0 Å². The van der Waals surface area contributed by atoms with Crippen molar-refractivity contribution in [2.75, 3.05) is 11.9 Å². The normalized spacial score (nSPS) is 12.7. The molecule has 3 aromatic carbocycles. The topological polar surface area (TPSA) is 131 Å². The number of nitrogens with one attached hydrogen (secondary N) is 2. The van der Waals surface area contributed by atoms with Crippen LogP contribution < -0.4 is 16.4 Å². The lowest BCUT2D eigenvalue weighted by Crippen LogP contribution is -2.52. The monoisotopic (exact) mass is 574 g/mol. The third kappa shape index (κ3) is 8.80. The van der Waals surface area contributed by atoms with E-state index in [-0.39, 0.29) is 19.4 Å². The molecule has 0 bridgehead atoms. The largest absolute Gasteiger partial charge is 0.444 e. The highest BCUT2D eigenvalue weighted by Crippen LogP contribution is 2.28. The molecule has 0 saturated heterocycles. The quantitative estimate of drug-likeness (QED) is 0.277. The number of hydrogen-bond donors (Lipinski definition) is 3. The lowest BCUT2D eigenvalue weighted by molar-refractivity contribution is -0.141. The van der Waals surface area contributed by atoms with Gasteiger partial charge in [0.2, 0.25) is 11.8 Å². The van der Waals surface area contributed by atoms with E-state index in [0.29, 0.717) is 17.7 Å². The number of nitrogens with zero attached hydrogens (tertiary/aromatic N) is 1. The lowest BCUT2D eigenvalue weighted by atomic mass is 9.97. The first kappa shape index (κ1) is 32.1. The smallest absolute Gasteiger partial charge is 0.408 e. The van der Waals surface area contributed by atoms with Crippen molar-refractivity contribution >= 4 is 40.3 Å². The molecule has 2 unspecified atom stereocenters. The second kappa shape index (κ2) is 14.0. The molecule has 0 aromatic heterocycles. The van der Waals surface area contributed by atoms with Gasteiger partial charge in [-0.25, -0.2) is 4.79 Å². The van der Waals surface area contributed by atoms with Crippen LogP contribution in [0.25, 0.3) is 10.8 Å². The van der Waals surface area contributed by atoms with E-state index in [1.54, 1.807) is 20.8 Å². The third-order valence-electron chi connectivity index (χ3n) is 6.84. The molecule has 0 spiro atoms. The van der Waals surface area contributed by atoms with E-state index >= 15 is 0 Å². The molecule has 3 rings (SSSR count). The van der Waals surface area contributed by atoms with Gasteiger partial charge >= 0.3 is 6.09 Å². The maximum Gasteiger partial charge on any atom is 0.408 e. The average Bonchev–Trinajstić information content (AvgIpc) is 2.91. The van der Waals surface area contributed by atoms with Crippen LogP contribution >= 0.6 is 0 Å². The van der Waals surface area contributed by atoms with Gasteiger partial charge in [0.1, 0.15) is 17.7 Å². The van der Waals surface area contributed by atoms with Crippen molar-refractivity contribution < 1.29 is 23.9 Å². The van der Waals surface area contributed by atoms with Crippen molar-refractivity contribution in [2.24, 2.45) is 5.73 Å². The van der Waals surface area contributed by atoms with Gasteiger partial charge in [0.15, 0.2) is 0 Å². The molecule has 224 valence electrons. The van der Waals surface area contributed by atoms with Crippen LogP contribution in [-0.2, 0) is 19.1 Å². The molecule has 0 aliphatic heterocycles. The summed E-state index contributed by atoms with van der Waals surface area (Å²) in [6.45, 7) is 11.2. The molecule has 0 fully saturated rings. The Morgan fingerprint density at radius 1 is 0.929 bits per heavy atom. The Morgan fingerprint density at radius 2 is 1.62 bits per heavy atom. The number of primary amides is 1. The summed E-state index contributed by atoms with van der Waals surface area (Å²) >= 11 is 0. The second-order valence-corrected chi connectivity index (χ2v) is 11.5. The van der Waals surface area contributed by atoms with Gasteiger partial charge in [0.05, 0.1) is 0 Å². The molecule has 9 heteroatoms. The third-order valence-corrected chi connectivity index (χ3v) is 6.84. The van der Waals surface area contributed by atoms with E-state index in [9.17, 15) is 19.2 Å². The number of nitrogens with two attached hydrogens (primary N) is 1. The molecule has 0 saturated carbocycles. The summed E-state index contributed by atoms with van der Waals surface area (Å²) in [5, 5.41) is 7.62. The first-order valence-corrected chi connectivity index (χ1v) is 14.2. The number of carbonyl (C=O) groups excluding carboxylic acids is 4. The number of anilines is 1. The molecule has 4 N–H and O–H groups in total. The Kier molecular flexibility index (Phi) is 10.7. The molecule has 0 radical (unpaired) electrons. The van der Waals surface area contributed by atoms with Crippen LogP contribution in [0.1, 0.15) is 69.7 Å². The van der Waals surface area contributed by atoms with Crippen LogP contribution in [0.2, 0.25) is 0 Å². The first-order chi connectivity index (χ1) is 19.8. The van der Waals surface area contributed by atoms with Gasteiger partial charge < -0.3 is 26.0 Å². The molecule has 2 atom stereocenters. The van der Waals surface area contributed by atoms with E-state index in [1.807, 2.05) is 81.4 Å². The lowest BCUT2D eigenvalue weighted by Gasteiger charge is -2.34. The van der Waals surface area contributed by atoms with Crippen molar-refractivity contribution in [2.45, 2.75) is 78.5 Å². The summed E-state index contributed by atoms with van der Waals surface area (Å²) in [7, 11) is 0. The summed E-state index contributed by atoms with van der Waals surface area (Å²) in [4.78, 5) is 54.1.